The summed E-state index contributed by atoms with van der Waals surface area (Å²) in [6.07, 6.45) is 2.60. The normalized spacial score (nSPS) is 18.1. The molecule has 0 aliphatic carbocycles. The summed E-state index contributed by atoms with van der Waals surface area (Å²) in [4.78, 5) is 35.4. The second-order valence-corrected chi connectivity index (χ2v) is 8.49. The molecule has 0 saturated carbocycles. The monoisotopic (exact) mass is 403 g/mol. The van der Waals surface area contributed by atoms with Crippen LogP contribution >= 0.6 is 11.3 Å². The van der Waals surface area contributed by atoms with Crippen molar-refractivity contribution in [2.24, 2.45) is 0 Å². The van der Waals surface area contributed by atoms with E-state index < -0.39 is 5.92 Å². The van der Waals surface area contributed by atoms with Crippen molar-refractivity contribution in [1.29, 1.82) is 0 Å². The van der Waals surface area contributed by atoms with Crippen molar-refractivity contribution < 1.29 is 9.59 Å². The van der Waals surface area contributed by atoms with Gasteiger partial charge < -0.3 is 9.80 Å². The highest BCUT2D eigenvalue weighted by Crippen LogP contribution is 2.31. The molecule has 1 atom stereocenters. The van der Waals surface area contributed by atoms with Gasteiger partial charge in [0.05, 0.1) is 16.5 Å². The van der Waals surface area contributed by atoms with Crippen LogP contribution in [-0.2, 0) is 24.3 Å². The minimum absolute atomic E-state index is 0.0173. The maximum Gasteiger partial charge on any atom is 0.264 e. The maximum atomic E-state index is 13.5. The van der Waals surface area contributed by atoms with Crippen LogP contribution in [-0.4, -0.2) is 39.7 Å². The van der Waals surface area contributed by atoms with Crippen LogP contribution in [0.2, 0.25) is 0 Å². The lowest BCUT2D eigenvalue weighted by Gasteiger charge is -2.37. The fourth-order valence-corrected chi connectivity index (χ4v) is 4.98. The van der Waals surface area contributed by atoms with Gasteiger partial charge in [-0.1, -0.05) is 36.4 Å². The van der Waals surface area contributed by atoms with E-state index in [1.165, 1.54) is 22.5 Å². The van der Waals surface area contributed by atoms with E-state index in [0.29, 0.717) is 31.1 Å². The third-order valence-corrected chi connectivity index (χ3v) is 6.64. The number of benzene rings is 1. The zero-order chi connectivity index (χ0) is 19.8. The van der Waals surface area contributed by atoms with Crippen LogP contribution in [0.5, 0.6) is 0 Å². The van der Waals surface area contributed by atoms with Gasteiger partial charge in [-0.15, -0.1) is 11.3 Å². The summed E-state index contributed by atoms with van der Waals surface area (Å²) in [6.45, 7) is 2.18. The van der Waals surface area contributed by atoms with E-state index in [9.17, 15) is 9.59 Å². The van der Waals surface area contributed by atoms with Gasteiger partial charge in [0.2, 0.25) is 5.91 Å². The SMILES string of the molecule is O=C(c1cccs1)N1Cc2cccnc2C(C(=O)N2CCc3ccccc3C2)C1. The molecule has 0 saturated heterocycles. The predicted molar refractivity (Wildman–Crippen MR) is 112 cm³/mol. The summed E-state index contributed by atoms with van der Waals surface area (Å²) in [6, 6.07) is 15.9. The molecule has 1 unspecified atom stereocenters. The van der Waals surface area contributed by atoms with Crippen molar-refractivity contribution in [1.82, 2.24) is 14.8 Å². The number of rotatable bonds is 2. The van der Waals surface area contributed by atoms with Gasteiger partial charge in [0.25, 0.3) is 5.91 Å². The minimum Gasteiger partial charge on any atom is -0.337 e. The lowest BCUT2D eigenvalue weighted by Crippen LogP contribution is -2.46. The molecular formula is C23H21N3O2S. The number of carbonyl (C=O) groups is 2. The summed E-state index contributed by atoms with van der Waals surface area (Å²) in [5, 5.41) is 1.90. The molecule has 0 N–H and O–H groups in total. The molecule has 1 aromatic carbocycles. The molecule has 2 aliphatic rings. The van der Waals surface area contributed by atoms with Crippen molar-refractivity contribution in [3.8, 4) is 0 Å². The lowest BCUT2D eigenvalue weighted by molar-refractivity contribution is -0.134. The van der Waals surface area contributed by atoms with Gasteiger partial charge >= 0.3 is 0 Å². The van der Waals surface area contributed by atoms with Crippen LogP contribution in [0.1, 0.15) is 38.0 Å². The number of fused-ring (bicyclic) bond motifs is 2. The van der Waals surface area contributed by atoms with Crippen LogP contribution in [0.3, 0.4) is 0 Å². The third-order valence-electron chi connectivity index (χ3n) is 5.78. The maximum absolute atomic E-state index is 13.5. The van der Waals surface area contributed by atoms with Crippen molar-refractivity contribution in [2.45, 2.75) is 25.4 Å². The first-order valence-corrected chi connectivity index (χ1v) is 10.7. The average Bonchev–Trinajstić information content (AvgIpc) is 3.32. The van der Waals surface area contributed by atoms with Gasteiger partial charge in [-0.3, -0.25) is 14.6 Å². The van der Waals surface area contributed by atoms with E-state index in [2.05, 4.69) is 17.1 Å². The summed E-state index contributed by atoms with van der Waals surface area (Å²) in [5.41, 5.74) is 4.29. The van der Waals surface area contributed by atoms with Crippen LogP contribution in [0.4, 0.5) is 0 Å². The fraction of sp³-hybridized carbons (Fsp3) is 0.261. The number of nitrogens with zero attached hydrogens (tertiary/aromatic N) is 3. The summed E-state index contributed by atoms with van der Waals surface area (Å²) >= 11 is 1.43. The molecule has 2 amide bonds. The van der Waals surface area contributed by atoms with Gasteiger partial charge in [0.15, 0.2) is 0 Å². The van der Waals surface area contributed by atoms with Gasteiger partial charge in [-0.2, -0.15) is 0 Å². The van der Waals surface area contributed by atoms with Crippen LogP contribution in [0.15, 0.2) is 60.1 Å². The molecular weight excluding hydrogens is 382 g/mol. The van der Waals surface area contributed by atoms with Crippen molar-refractivity contribution in [3.63, 3.8) is 0 Å². The van der Waals surface area contributed by atoms with Crippen molar-refractivity contribution >= 4 is 23.2 Å². The van der Waals surface area contributed by atoms with E-state index in [-0.39, 0.29) is 11.8 Å². The van der Waals surface area contributed by atoms with E-state index >= 15 is 0 Å². The van der Waals surface area contributed by atoms with Gasteiger partial charge in [-0.05, 0) is 40.6 Å². The fourth-order valence-electron chi connectivity index (χ4n) is 4.29. The van der Waals surface area contributed by atoms with E-state index in [4.69, 9.17) is 0 Å². The average molecular weight is 404 g/mol. The third kappa shape index (κ3) is 3.34. The van der Waals surface area contributed by atoms with E-state index in [0.717, 1.165) is 17.7 Å². The quantitative estimate of drug-likeness (QED) is 0.658. The number of hydrogen-bond donors (Lipinski definition) is 0. The topological polar surface area (TPSA) is 53.5 Å². The zero-order valence-electron chi connectivity index (χ0n) is 16.0. The molecule has 0 radical (unpaired) electrons. The Bertz CT molecular complexity index is 1060. The lowest BCUT2D eigenvalue weighted by atomic mass is 9.91. The number of pyridine rings is 1. The molecule has 146 valence electrons. The highest BCUT2D eigenvalue weighted by atomic mass is 32.1. The zero-order valence-corrected chi connectivity index (χ0v) is 16.8. The number of carbonyl (C=O) groups excluding carboxylic acids is 2. The number of amides is 2. The first-order valence-electron chi connectivity index (χ1n) is 9.83. The molecule has 29 heavy (non-hydrogen) atoms. The molecule has 2 aromatic heterocycles. The molecule has 3 aromatic rings. The van der Waals surface area contributed by atoms with Crippen LogP contribution in [0.25, 0.3) is 0 Å². The molecule has 5 rings (SSSR count). The Labute approximate surface area is 173 Å². The Morgan fingerprint density at radius 1 is 0.931 bits per heavy atom. The van der Waals surface area contributed by atoms with Crippen molar-refractivity contribution in [2.75, 3.05) is 13.1 Å². The first kappa shape index (κ1) is 18.1. The van der Waals surface area contributed by atoms with Crippen LogP contribution < -0.4 is 0 Å². The standard InChI is InChI=1S/C23H21N3O2S/c27-22(25-11-9-16-5-1-2-6-17(16)13-25)19-15-26(23(28)20-8-4-12-29-20)14-18-7-3-10-24-21(18)19/h1-8,10,12,19H,9,11,13-15H2. The molecule has 0 spiro atoms. The Morgan fingerprint density at radius 2 is 1.72 bits per heavy atom. The Morgan fingerprint density at radius 3 is 2.55 bits per heavy atom. The van der Waals surface area contributed by atoms with Gasteiger partial charge in [-0.25, -0.2) is 0 Å². The molecule has 6 heteroatoms. The van der Waals surface area contributed by atoms with E-state index in [1.54, 1.807) is 11.1 Å². The molecule has 5 nitrogen and oxygen atoms in total. The van der Waals surface area contributed by atoms with Crippen molar-refractivity contribution in [3.05, 3.63) is 87.4 Å². The second kappa shape index (κ2) is 7.44. The summed E-state index contributed by atoms with van der Waals surface area (Å²) < 4.78 is 0. The smallest absolute Gasteiger partial charge is 0.264 e. The number of hydrogen-bond acceptors (Lipinski definition) is 4. The molecule has 4 heterocycles. The summed E-state index contributed by atoms with van der Waals surface area (Å²) in [7, 11) is 0. The first-order chi connectivity index (χ1) is 14.2. The minimum atomic E-state index is -0.422. The summed E-state index contributed by atoms with van der Waals surface area (Å²) in [5.74, 6) is -0.381. The number of aromatic nitrogens is 1. The van der Waals surface area contributed by atoms with E-state index in [1.807, 2.05) is 46.7 Å². The number of thiophene rings is 1. The van der Waals surface area contributed by atoms with Gasteiger partial charge in [0, 0.05) is 32.4 Å². The second-order valence-electron chi connectivity index (χ2n) is 7.54. The Kier molecular flexibility index (Phi) is 4.64. The molecule has 2 aliphatic heterocycles. The largest absolute Gasteiger partial charge is 0.337 e. The molecule has 0 bridgehead atoms. The highest BCUT2D eigenvalue weighted by molar-refractivity contribution is 7.12. The highest BCUT2D eigenvalue weighted by Gasteiger charge is 2.37. The molecule has 0 fully saturated rings. The van der Waals surface area contributed by atoms with Crippen LogP contribution in [0, 0.1) is 0 Å². The Hall–Kier alpha value is -2.99. The predicted octanol–water partition coefficient (Wildman–Crippen LogP) is 3.47. The Balaban J connectivity index is 1.43. The van der Waals surface area contributed by atoms with Gasteiger partial charge in [0.1, 0.15) is 0 Å².